The van der Waals surface area contributed by atoms with Crippen LogP contribution in [-0.2, 0) is 0 Å². The highest BCUT2D eigenvalue weighted by Crippen LogP contribution is 2.12. The van der Waals surface area contributed by atoms with E-state index in [0.717, 1.165) is 19.6 Å². The summed E-state index contributed by atoms with van der Waals surface area (Å²) >= 11 is 0. The van der Waals surface area contributed by atoms with Gasteiger partial charge in [-0.2, -0.15) is 0 Å². The van der Waals surface area contributed by atoms with Crippen LogP contribution in [0.2, 0.25) is 0 Å². The number of hydrogen-bond donors (Lipinski definition) is 1. The van der Waals surface area contributed by atoms with Gasteiger partial charge < -0.3 is 10.2 Å². The van der Waals surface area contributed by atoms with E-state index < -0.39 is 0 Å². The Labute approximate surface area is 99.7 Å². The zero-order valence-electron chi connectivity index (χ0n) is 10.7. The van der Waals surface area contributed by atoms with Crippen molar-refractivity contribution in [1.29, 1.82) is 0 Å². The molecular weight excluding hydrogens is 196 g/mol. The van der Waals surface area contributed by atoms with Crippen LogP contribution in [0.5, 0.6) is 0 Å². The third-order valence-corrected chi connectivity index (χ3v) is 2.66. The first-order valence-corrected chi connectivity index (χ1v) is 6.27. The van der Waals surface area contributed by atoms with E-state index in [-0.39, 0.29) is 0 Å². The SMILES string of the molecule is CCN(CCCNC(C)C)c1ccccc1. The molecule has 0 amide bonds. The number of anilines is 1. The number of rotatable bonds is 7. The molecule has 90 valence electrons. The topological polar surface area (TPSA) is 15.3 Å². The van der Waals surface area contributed by atoms with Crippen molar-refractivity contribution in [2.24, 2.45) is 0 Å². The van der Waals surface area contributed by atoms with Crippen LogP contribution in [0.25, 0.3) is 0 Å². The lowest BCUT2D eigenvalue weighted by Crippen LogP contribution is -2.29. The van der Waals surface area contributed by atoms with Crippen molar-refractivity contribution in [3.63, 3.8) is 0 Å². The maximum Gasteiger partial charge on any atom is 0.0366 e. The maximum atomic E-state index is 3.45. The highest BCUT2D eigenvalue weighted by molar-refractivity contribution is 5.45. The fraction of sp³-hybridized carbons (Fsp3) is 0.571. The van der Waals surface area contributed by atoms with E-state index in [4.69, 9.17) is 0 Å². The molecule has 2 nitrogen and oxygen atoms in total. The van der Waals surface area contributed by atoms with Gasteiger partial charge in [-0.3, -0.25) is 0 Å². The molecule has 2 heteroatoms. The molecule has 0 heterocycles. The molecule has 0 radical (unpaired) electrons. The molecule has 0 fully saturated rings. The fourth-order valence-electron chi connectivity index (χ4n) is 1.77. The van der Waals surface area contributed by atoms with Gasteiger partial charge in [-0.05, 0) is 32.0 Å². The molecule has 1 rings (SSSR count). The van der Waals surface area contributed by atoms with Crippen LogP contribution in [0.1, 0.15) is 27.2 Å². The van der Waals surface area contributed by atoms with E-state index in [0.29, 0.717) is 6.04 Å². The number of nitrogens with zero attached hydrogens (tertiary/aromatic N) is 1. The lowest BCUT2D eigenvalue weighted by Gasteiger charge is -2.23. The first-order chi connectivity index (χ1) is 7.74. The summed E-state index contributed by atoms with van der Waals surface area (Å²) in [5, 5.41) is 3.45. The van der Waals surface area contributed by atoms with Crippen LogP contribution < -0.4 is 10.2 Å². The Morgan fingerprint density at radius 2 is 1.88 bits per heavy atom. The smallest absolute Gasteiger partial charge is 0.0366 e. The second kappa shape index (κ2) is 7.29. The van der Waals surface area contributed by atoms with Crippen LogP contribution in [0.3, 0.4) is 0 Å². The molecule has 1 N–H and O–H groups in total. The number of para-hydroxylation sites is 1. The molecule has 0 aliphatic carbocycles. The van der Waals surface area contributed by atoms with Crippen molar-refractivity contribution < 1.29 is 0 Å². The van der Waals surface area contributed by atoms with E-state index in [1.807, 2.05) is 0 Å². The van der Waals surface area contributed by atoms with Gasteiger partial charge in [0.05, 0.1) is 0 Å². The van der Waals surface area contributed by atoms with Crippen LogP contribution >= 0.6 is 0 Å². The van der Waals surface area contributed by atoms with Gasteiger partial charge in [-0.1, -0.05) is 32.0 Å². The monoisotopic (exact) mass is 220 g/mol. The standard InChI is InChI=1S/C14H24N2/c1-4-16(12-8-11-15-13(2)3)14-9-6-5-7-10-14/h5-7,9-10,13,15H,4,8,11-12H2,1-3H3. The minimum absolute atomic E-state index is 0.590. The Kier molecular flexibility index (Phi) is 5.94. The molecule has 0 aromatic heterocycles. The van der Waals surface area contributed by atoms with Crippen LogP contribution in [0, 0.1) is 0 Å². The molecule has 0 aliphatic rings. The van der Waals surface area contributed by atoms with Gasteiger partial charge in [-0.15, -0.1) is 0 Å². The maximum absolute atomic E-state index is 3.45. The highest BCUT2D eigenvalue weighted by Gasteiger charge is 2.02. The predicted molar refractivity (Wildman–Crippen MR) is 72.1 cm³/mol. The third-order valence-electron chi connectivity index (χ3n) is 2.66. The molecule has 16 heavy (non-hydrogen) atoms. The number of hydrogen-bond acceptors (Lipinski definition) is 2. The van der Waals surface area contributed by atoms with Gasteiger partial charge in [-0.25, -0.2) is 0 Å². The molecule has 0 atom stereocenters. The summed E-state index contributed by atoms with van der Waals surface area (Å²) in [5.41, 5.74) is 1.33. The van der Waals surface area contributed by atoms with Gasteiger partial charge >= 0.3 is 0 Å². The van der Waals surface area contributed by atoms with Crippen molar-refractivity contribution in [3.8, 4) is 0 Å². The summed E-state index contributed by atoms with van der Waals surface area (Å²) in [6.07, 6.45) is 1.20. The van der Waals surface area contributed by atoms with Gasteiger partial charge in [0.2, 0.25) is 0 Å². The molecule has 0 saturated heterocycles. The molecule has 0 saturated carbocycles. The molecule has 1 aromatic carbocycles. The molecule has 1 aromatic rings. The highest BCUT2D eigenvalue weighted by atomic mass is 15.1. The molecule has 0 unspecified atom stereocenters. The fourth-order valence-corrected chi connectivity index (χ4v) is 1.77. The largest absolute Gasteiger partial charge is 0.372 e. The lowest BCUT2D eigenvalue weighted by molar-refractivity contribution is 0.567. The number of benzene rings is 1. The summed E-state index contributed by atoms with van der Waals surface area (Å²) in [6, 6.07) is 11.2. The predicted octanol–water partition coefficient (Wildman–Crippen LogP) is 2.90. The second-order valence-electron chi connectivity index (χ2n) is 4.38. The van der Waals surface area contributed by atoms with Gasteiger partial charge in [0.25, 0.3) is 0 Å². The normalized spacial score (nSPS) is 10.8. The Morgan fingerprint density at radius 1 is 1.19 bits per heavy atom. The minimum Gasteiger partial charge on any atom is -0.372 e. The molecule has 0 spiro atoms. The van der Waals surface area contributed by atoms with E-state index in [2.05, 4.69) is 61.3 Å². The Balaban J connectivity index is 2.33. The molecular formula is C14H24N2. The average Bonchev–Trinajstić information content (AvgIpc) is 2.30. The van der Waals surface area contributed by atoms with Gasteiger partial charge in [0.15, 0.2) is 0 Å². The summed E-state index contributed by atoms with van der Waals surface area (Å²) in [4.78, 5) is 2.42. The molecule has 0 bridgehead atoms. The summed E-state index contributed by atoms with van der Waals surface area (Å²) in [5.74, 6) is 0. The van der Waals surface area contributed by atoms with Gasteiger partial charge in [0.1, 0.15) is 0 Å². The third kappa shape index (κ3) is 4.67. The van der Waals surface area contributed by atoms with Crippen molar-refractivity contribution in [1.82, 2.24) is 5.32 Å². The van der Waals surface area contributed by atoms with Crippen LogP contribution in [0.15, 0.2) is 30.3 Å². The summed E-state index contributed by atoms with van der Waals surface area (Å²) < 4.78 is 0. The van der Waals surface area contributed by atoms with Crippen molar-refractivity contribution >= 4 is 5.69 Å². The number of nitrogens with one attached hydrogen (secondary N) is 1. The van der Waals surface area contributed by atoms with E-state index in [1.54, 1.807) is 0 Å². The summed E-state index contributed by atoms with van der Waals surface area (Å²) in [7, 11) is 0. The summed E-state index contributed by atoms with van der Waals surface area (Å²) in [6.45, 7) is 9.89. The average molecular weight is 220 g/mol. The zero-order valence-corrected chi connectivity index (χ0v) is 10.7. The Morgan fingerprint density at radius 3 is 2.44 bits per heavy atom. The molecule has 0 aliphatic heterocycles. The lowest BCUT2D eigenvalue weighted by atomic mass is 10.2. The van der Waals surface area contributed by atoms with Crippen LogP contribution in [-0.4, -0.2) is 25.7 Å². The van der Waals surface area contributed by atoms with Gasteiger partial charge in [0, 0.05) is 24.8 Å². The zero-order chi connectivity index (χ0) is 11.8. The first kappa shape index (κ1) is 13.0. The van der Waals surface area contributed by atoms with E-state index in [1.165, 1.54) is 12.1 Å². The van der Waals surface area contributed by atoms with Crippen molar-refractivity contribution in [2.75, 3.05) is 24.5 Å². The van der Waals surface area contributed by atoms with Crippen molar-refractivity contribution in [3.05, 3.63) is 30.3 Å². The van der Waals surface area contributed by atoms with E-state index in [9.17, 15) is 0 Å². The van der Waals surface area contributed by atoms with Crippen molar-refractivity contribution in [2.45, 2.75) is 33.2 Å². The minimum atomic E-state index is 0.590. The Bertz CT molecular complexity index is 269. The Hall–Kier alpha value is -1.02. The second-order valence-corrected chi connectivity index (χ2v) is 4.38. The van der Waals surface area contributed by atoms with Crippen LogP contribution in [0.4, 0.5) is 5.69 Å². The first-order valence-electron chi connectivity index (χ1n) is 6.27. The van der Waals surface area contributed by atoms with E-state index >= 15 is 0 Å². The quantitative estimate of drug-likeness (QED) is 0.711.